The number of rotatable bonds is 2. The van der Waals surface area contributed by atoms with Gasteiger partial charge in [-0.2, -0.15) is 5.26 Å². The molecule has 1 aromatic heterocycles. The number of hydrogen-bond acceptors (Lipinski definition) is 3. The third kappa shape index (κ3) is 1.85. The van der Waals surface area contributed by atoms with Gasteiger partial charge in [0.1, 0.15) is 0 Å². The second-order valence-corrected chi connectivity index (χ2v) is 3.79. The molecular formula is C11H14N2O. The van der Waals surface area contributed by atoms with Crippen LogP contribution in [0, 0.1) is 18.3 Å². The molecule has 0 bridgehead atoms. The van der Waals surface area contributed by atoms with Crippen LogP contribution in [0.5, 0.6) is 5.88 Å². The third-order valence-electron chi connectivity index (χ3n) is 2.22. The van der Waals surface area contributed by atoms with Gasteiger partial charge >= 0.3 is 0 Å². The number of aryl methyl sites for hydroxylation is 1. The zero-order chi connectivity index (χ0) is 10.8. The molecule has 0 aliphatic heterocycles. The Bertz CT molecular complexity index is 377. The lowest BCUT2D eigenvalue weighted by molar-refractivity contribution is 0.394. The third-order valence-corrected chi connectivity index (χ3v) is 2.22. The highest BCUT2D eigenvalue weighted by Crippen LogP contribution is 2.25. The van der Waals surface area contributed by atoms with E-state index in [0.29, 0.717) is 5.88 Å². The number of methoxy groups -OCH3 is 1. The van der Waals surface area contributed by atoms with Crippen LogP contribution < -0.4 is 4.74 Å². The van der Waals surface area contributed by atoms with Gasteiger partial charge in [0.25, 0.3) is 0 Å². The van der Waals surface area contributed by atoms with E-state index in [-0.39, 0.29) is 0 Å². The number of aromatic nitrogens is 1. The van der Waals surface area contributed by atoms with E-state index in [1.54, 1.807) is 13.3 Å². The maximum absolute atomic E-state index is 8.96. The van der Waals surface area contributed by atoms with Crippen molar-refractivity contribution in [2.75, 3.05) is 7.11 Å². The summed E-state index contributed by atoms with van der Waals surface area (Å²) in [7, 11) is 1.59. The molecule has 0 fully saturated rings. The summed E-state index contributed by atoms with van der Waals surface area (Å²) in [6.07, 6.45) is 1.69. The SMILES string of the molecule is COc1ncc(C(C)(C)C#N)cc1C. The lowest BCUT2D eigenvalue weighted by Crippen LogP contribution is -2.14. The molecule has 0 aromatic carbocycles. The first-order valence-electron chi connectivity index (χ1n) is 4.43. The summed E-state index contributed by atoms with van der Waals surface area (Å²) in [5.74, 6) is 0.613. The van der Waals surface area contributed by atoms with Crippen molar-refractivity contribution in [3.05, 3.63) is 23.4 Å². The first kappa shape index (κ1) is 10.5. The number of pyridine rings is 1. The van der Waals surface area contributed by atoms with E-state index >= 15 is 0 Å². The minimum atomic E-state index is -0.496. The van der Waals surface area contributed by atoms with Crippen LogP contribution in [-0.4, -0.2) is 12.1 Å². The van der Waals surface area contributed by atoms with Crippen LogP contribution in [0.25, 0.3) is 0 Å². The molecule has 0 atom stereocenters. The van der Waals surface area contributed by atoms with Crippen LogP contribution in [0.4, 0.5) is 0 Å². The molecule has 0 radical (unpaired) electrons. The summed E-state index contributed by atoms with van der Waals surface area (Å²) in [6, 6.07) is 4.18. The lowest BCUT2D eigenvalue weighted by atomic mass is 9.87. The standard InChI is InChI=1S/C11H14N2O/c1-8-5-9(11(2,3)7-12)6-13-10(8)14-4/h5-6H,1-4H3. The summed E-state index contributed by atoms with van der Waals surface area (Å²) in [4.78, 5) is 4.14. The normalized spacial score (nSPS) is 10.8. The minimum absolute atomic E-state index is 0.496. The van der Waals surface area contributed by atoms with Gasteiger partial charge in [-0.25, -0.2) is 4.98 Å². The molecule has 0 aliphatic carbocycles. The van der Waals surface area contributed by atoms with Crippen LogP contribution in [0.1, 0.15) is 25.0 Å². The second-order valence-electron chi connectivity index (χ2n) is 3.79. The fourth-order valence-corrected chi connectivity index (χ4v) is 1.18. The van der Waals surface area contributed by atoms with Crippen molar-refractivity contribution in [2.45, 2.75) is 26.2 Å². The van der Waals surface area contributed by atoms with Gasteiger partial charge in [0.2, 0.25) is 5.88 Å². The molecule has 3 heteroatoms. The average molecular weight is 190 g/mol. The largest absolute Gasteiger partial charge is 0.481 e. The van der Waals surface area contributed by atoms with Crippen molar-refractivity contribution in [1.82, 2.24) is 4.98 Å². The topological polar surface area (TPSA) is 45.9 Å². The van der Waals surface area contributed by atoms with Crippen molar-refractivity contribution in [2.24, 2.45) is 0 Å². The second kappa shape index (κ2) is 3.67. The molecule has 0 unspecified atom stereocenters. The first-order chi connectivity index (χ1) is 6.51. The van der Waals surface area contributed by atoms with E-state index in [2.05, 4.69) is 11.1 Å². The number of ether oxygens (including phenoxy) is 1. The highest BCUT2D eigenvalue weighted by Gasteiger charge is 2.20. The van der Waals surface area contributed by atoms with Crippen molar-refractivity contribution in [3.63, 3.8) is 0 Å². The Morgan fingerprint density at radius 3 is 2.57 bits per heavy atom. The molecule has 0 saturated heterocycles. The summed E-state index contributed by atoms with van der Waals surface area (Å²) < 4.78 is 5.05. The van der Waals surface area contributed by atoms with E-state index in [0.717, 1.165) is 11.1 Å². The Hall–Kier alpha value is -1.56. The van der Waals surface area contributed by atoms with Crippen molar-refractivity contribution < 1.29 is 4.74 Å². The molecule has 0 aliphatic rings. The van der Waals surface area contributed by atoms with Crippen molar-refractivity contribution >= 4 is 0 Å². The summed E-state index contributed by atoms with van der Waals surface area (Å²) in [5, 5.41) is 8.96. The van der Waals surface area contributed by atoms with E-state index in [9.17, 15) is 0 Å². The van der Waals surface area contributed by atoms with E-state index < -0.39 is 5.41 Å². The summed E-state index contributed by atoms with van der Waals surface area (Å²) in [5.41, 5.74) is 1.37. The number of nitriles is 1. The molecule has 3 nitrogen and oxygen atoms in total. The highest BCUT2D eigenvalue weighted by molar-refractivity contribution is 5.35. The molecule has 0 spiro atoms. The Morgan fingerprint density at radius 1 is 1.50 bits per heavy atom. The molecular weight excluding hydrogens is 176 g/mol. The number of nitrogens with zero attached hydrogens (tertiary/aromatic N) is 2. The molecule has 74 valence electrons. The molecule has 1 aromatic rings. The monoisotopic (exact) mass is 190 g/mol. The Morgan fingerprint density at radius 2 is 2.14 bits per heavy atom. The molecule has 1 heterocycles. The Labute approximate surface area is 84.3 Å². The average Bonchev–Trinajstić information content (AvgIpc) is 2.17. The van der Waals surface area contributed by atoms with Gasteiger partial charge in [-0.05, 0) is 32.4 Å². The molecule has 0 amide bonds. The van der Waals surface area contributed by atoms with Gasteiger partial charge in [-0.3, -0.25) is 0 Å². The van der Waals surface area contributed by atoms with Gasteiger partial charge in [-0.15, -0.1) is 0 Å². The lowest BCUT2D eigenvalue weighted by Gasteiger charge is -2.16. The van der Waals surface area contributed by atoms with Gasteiger partial charge in [-0.1, -0.05) is 0 Å². The fourth-order valence-electron chi connectivity index (χ4n) is 1.18. The van der Waals surface area contributed by atoms with E-state index in [1.165, 1.54) is 0 Å². The van der Waals surface area contributed by atoms with E-state index in [4.69, 9.17) is 10.00 Å². The Balaban J connectivity index is 3.17. The first-order valence-corrected chi connectivity index (χ1v) is 4.43. The zero-order valence-electron chi connectivity index (χ0n) is 8.96. The van der Waals surface area contributed by atoms with Crippen LogP contribution in [0.3, 0.4) is 0 Å². The molecule has 0 N–H and O–H groups in total. The number of hydrogen-bond donors (Lipinski definition) is 0. The van der Waals surface area contributed by atoms with Crippen molar-refractivity contribution in [3.8, 4) is 11.9 Å². The molecule has 0 saturated carbocycles. The molecule has 1 rings (SSSR count). The summed E-state index contributed by atoms with van der Waals surface area (Å²) in [6.45, 7) is 5.66. The predicted octanol–water partition coefficient (Wildman–Crippen LogP) is 2.20. The zero-order valence-corrected chi connectivity index (χ0v) is 8.96. The van der Waals surface area contributed by atoms with Crippen LogP contribution in [0.2, 0.25) is 0 Å². The van der Waals surface area contributed by atoms with Gasteiger partial charge in [0, 0.05) is 11.8 Å². The smallest absolute Gasteiger partial charge is 0.215 e. The highest BCUT2D eigenvalue weighted by atomic mass is 16.5. The van der Waals surface area contributed by atoms with Gasteiger partial charge in [0.15, 0.2) is 0 Å². The van der Waals surface area contributed by atoms with Gasteiger partial charge in [0.05, 0.1) is 18.6 Å². The maximum Gasteiger partial charge on any atom is 0.215 e. The van der Waals surface area contributed by atoms with Crippen LogP contribution in [-0.2, 0) is 5.41 Å². The van der Waals surface area contributed by atoms with Crippen LogP contribution in [0.15, 0.2) is 12.3 Å². The fraction of sp³-hybridized carbons (Fsp3) is 0.455. The quantitative estimate of drug-likeness (QED) is 0.718. The molecule has 14 heavy (non-hydrogen) atoms. The Kier molecular flexibility index (Phi) is 2.76. The predicted molar refractivity (Wildman–Crippen MR) is 54.2 cm³/mol. The van der Waals surface area contributed by atoms with Crippen LogP contribution >= 0.6 is 0 Å². The maximum atomic E-state index is 8.96. The van der Waals surface area contributed by atoms with E-state index in [1.807, 2.05) is 26.8 Å². The van der Waals surface area contributed by atoms with Gasteiger partial charge < -0.3 is 4.74 Å². The van der Waals surface area contributed by atoms with Crippen molar-refractivity contribution in [1.29, 1.82) is 5.26 Å². The summed E-state index contributed by atoms with van der Waals surface area (Å²) >= 11 is 0. The minimum Gasteiger partial charge on any atom is -0.481 e.